The highest BCUT2D eigenvalue weighted by Gasteiger charge is 2.16. The van der Waals surface area contributed by atoms with Gasteiger partial charge in [0.2, 0.25) is 0 Å². The van der Waals surface area contributed by atoms with Crippen LogP contribution in [0.25, 0.3) is 0 Å². The third-order valence-corrected chi connectivity index (χ3v) is 4.31. The van der Waals surface area contributed by atoms with Crippen LogP contribution < -0.4 is 10.1 Å². The molecule has 3 heteroatoms. The molecule has 1 fully saturated rings. The molecule has 0 saturated carbocycles. The minimum Gasteiger partial charge on any atom is -0.493 e. The van der Waals surface area contributed by atoms with E-state index in [1.165, 1.54) is 37.1 Å². The third-order valence-electron chi connectivity index (χ3n) is 4.31. The molecule has 1 aromatic rings. The summed E-state index contributed by atoms with van der Waals surface area (Å²) < 4.78 is 5.94. The maximum atomic E-state index is 5.94. The summed E-state index contributed by atoms with van der Waals surface area (Å²) in [4.78, 5) is 2.54. The number of nitrogens with one attached hydrogen (secondary N) is 1. The third kappa shape index (κ3) is 5.33. The van der Waals surface area contributed by atoms with Crippen molar-refractivity contribution in [2.75, 3.05) is 32.8 Å². The molecule has 1 N–H and O–H groups in total. The van der Waals surface area contributed by atoms with E-state index in [1.807, 2.05) is 0 Å². The Kier molecular flexibility index (Phi) is 6.52. The Morgan fingerprint density at radius 3 is 2.90 bits per heavy atom. The van der Waals surface area contributed by atoms with Crippen molar-refractivity contribution in [3.63, 3.8) is 0 Å². The van der Waals surface area contributed by atoms with Gasteiger partial charge in [-0.2, -0.15) is 0 Å². The van der Waals surface area contributed by atoms with Gasteiger partial charge in [0, 0.05) is 19.1 Å². The van der Waals surface area contributed by atoms with E-state index in [2.05, 4.69) is 49.2 Å². The Hall–Kier alpha value is -1.06. The van der Waals surface area contributed by atoms with E-state index < -0.39 is 0 Å². The molecule has 21 heavy (non-hydrogen) atoms. The number of hydrogen-bond acceptors (Lipinski definition) is 3. The number of likely N-dealkylation sites (N-methyl/N-ethyl adjacent to an activating group) is 1. The van der Waals surface area contributed by atoms with Crippen LogP contribution in [0.1, 0.15) is 37.3 Å². The fourth-order valence-corrected chi connectivity index (χ4v) is 2.94. The lowest BCUT2D eigenvalue weighted by atomic mass is 10.1. The molecule has 0 aromatic heterocycles. The number of benzene rings is 1. The van der Waals surface area contributed by atoms with E-state index in [-0.39, 0.29) is 0 Å². The highest BCUT2D eigenvalue weighted by molar-refractivity contribution is 5.35. The first-order valence-electron chi connectivity index (χ1n) is 8.35. The summed E-state index contributed by atoms with van der Waals surface area (Å²) in [5.74, 6) is 1.04. The van der Waals surface area contributed by atoms with Gasteiger partial charge in [-0.1, -0.05) is 19.1 Å². The van der Waals surface area contributed by atoms with Crippen LogP contribution in [-0.2, 0) is 0 Å². The average Bonchev–Trinajstić information content (AvgIpc) is 2.98. The van der Waals surface area contributed by atoms with Crippen LogP contribution in [0.3, 0.4) is 0 Å². The first-order valence-corrected chi connectivity index (χ1v) is 8.35. The first-order chi connectivity index (χ1) is 10.2. The summed E-state index contributed by atoms with van der Waals surface area (Å²) in [5.41, 5.74) is 2.49. The van der Waals surface area contributed by atoms with Crippen molar-refractivity contribution < 1.29 is 4.74 Å². The molecule has 1 aliphatic heterocycles. The lowest BCUT2D eigenvalue weighted by molar-refractivity contribution is 0.227. The van der Waals surface area contributed by atoms with Gasteiger partial charge in [-0.25, -0.2) is 0 Å². The Morgan fingerprint density at radius 2 is 2.19 bits per heavy atom. The molecule has 2 rings (SSSR count). The number of ether oxygens (including phenoxy) is 1. The fraction of sp³-hybridized carbons (Fsp3) is 0.667. The molecule has 1 saturated heterocycles. The maximum absolute atomic E-state index is 5.94. The Balaban J connectivity index is 1.68. The van der Waals surface area contributed by atoms with E-state index in [1.54, 1.807) is 0 Å². The van der Waals surface area contributed by atoms with E-state index in [0.29, 0.717) is 6.04 Å². The minimum atomic E-state index is 0.699. The van der Waals surface area contributed by atoms with Gasteiger partial charge in [0.25, 0.3) is 0 Å². The van der Waals surface area contributed by atoms with Crippen LogP contribution in [0.15, 0.2) is 18.2 Å². The van der Waals surface area contributed by atoms with Gasteiger partial charge in [0.1, 0.15) is 5.75 Å². The van der Waals surface area contributed by atoms with Gasteiger partial charge >= 0.3 is 0 Å². The predicted molar refractivity (Wildman–Crippen MR) is 89.2 cm³/mol. The summed E-state index contributed by atoms with van der Waals surface area (Å²) in [6.45, 7) is 11.9. The van der Waals surface area contributed by atoms with Crippen molar-refractivity contribution in [3.8, 4) is 5.75 Å². The van der Waals surface area contributed by atoms with Crippen LogP contribution in [0.5, 0.6) is 5.75 Å². The van der Waals surface area contributed by atoms with Crippen molar-refractivity contribution in [2.24, 2.45) is 0 Å². The van der Waals surface area contributed by atoms with Gasteiger partial charge in [-0.15, -0.1) is 0 Å². The molecule has 0 aliphatic carbocycles. The molecule has 0 bridgehead atoms. The minimum absolute atomic E-state index is 0.699. The van der Waals surface area contributed by atoms with E-state index in [9.17, 15) is 0 Å². The fourth-order valence-electron chi connectivity index (χ4n) is 2.94. The van der Waals surface area contributed by atoms with Crippen molar-refractivity contribution in [3.05, 3.63) is 29.3 Å². The SMILES string of the molecule is CCN(CCCOc1cc(C)ccc1C)CC1CCCN1. The molecule has 0 spiro atoms. The Labute approximate surface area is 129 Å². The van der Waals surface area contributed by atoms with Crippen LogP contribution in [0.4, 0.5) is 0 Å². The van der Waals surface area contributed by atoms with E-state index in [4.69, 9.17) is 4.74 Å². The molecule has 0 radical (unpaired) electrons. The van der Waals surface area contributed by atoms with Gasteiger partial charge in [0.15, 0.2) is 0 Å². The van der Waals surface area contributed by atoms with Crippen molar-refractivity contribution >= 4 is 0 Å². The van der Waals surface area contributed by atoms with Gasteiger partial charge in [0.05, 0.1) is 6.61 Å². The molecule has 3 nitrogen and oxygen atoms in total. The summed E-state index contributed by atoms with van der Waals surface area (Å²) in [6.07, 6.45) is 3.75. The summed E-state index contributed by atoms with van der Waals surface area (Å²) in [7, 11) is 0. The van der Waals surface area contributed by atoms with Gasteiger partial charge in [-0.05, 0) is 63.4 Å². The largest absolute Gasteiger partial charge is 0.493 e. The zero-order valence-corrected chi connectivity index (χ0v) is 13.8. The summed E-state index contributed by atoms with van der Waals surface area (Å²) in [5, 5.41) is 3.58. The summed E-state index contributed by atoms with van der Waals surface area (Å²) >= 11 is 0. The lowest BCUT2D eigenvalue weighted by Gasteiger charge is -2.24. The standard InChI is InChI=1S/C18H30N2O/c1-4-20(14-17-7-5-10-19-17)11-6-12-21-18-13-15(2)8-9-16(18)3/h8-9,13,17,19H,4-7,10-12,14H2,1-3H3. The number of hydrogen-bond donors (Lipinski definition) is 1. The normalized spacial score (nSPS) is 18.4. The van der Waals surface area contributed by atoms with Gasteiger partial charge in [-0.3, -0.25) is 0 Å². The second-order valence-corrected chi connectivity index (χ2v) is 6.16. The van der Waals surface area contributed by atoms with Gasteiger partial charge < -0.3 is 15.0 Å². The lowest BCUT2D eigenvalue weighted by Crippen LogP contribution is -2.38. The number of rotatable bonds is 8. The maximum Gasteiger partial charge on any atom is 0.122 e. The number of nitrogens with zero attached hydrogens (tertiary/aromatic N) is 1. The van der Waals surface area contributed by atoms with E-state index >= 15 is 0 Å². The average molecular weight is 290 g/mol. The second-order valence-electron chi connectivity index (χ2n) is 6.16. The topological polar surface area (TPSA) is 24.5 Å². The molecule has 118 valence electrons. The monoisotopic (exact) mass is 290 g/mol. The van der Waals surface area contributed by atoms with Crippen molar-refractivity contribution in [1.82, 2.24) is 10.2 Å². The molecule has 1 aromatic carbocycles. The van der Waals surface area contributed by atoms with Crippen LogP contribution in [0.2, 0.25) is 0 Å². The molecule has 0 amide bonds. The molecular weight excluding hydrogens is 260 g/mol. The first kappa shape index (κ1) is 16.3. The molecule has 1 aliphatic rings. The van der Waals surface area contributed by atoms with Crippen LogP contribution in [0, 0.1) is 13.8 Å². The van der Waals surface area contributed by atoms with Crippen molar-refractivity contribution in [1.29, 1.82) is 0 Å². The molecule has 1 atom stereocenters. The zero-order valence-electron chi connectivity index (χ0n) is 13.8. The Morgan fingerprint density at radius 1 is 1.33 bits per heavy atom. The second kappa shape index (κ2) is 8.40. The molecule has 1 unspecified atom stereocenters. The van der Waals surface area contributed by atoms with Crippen LogP contribution >= 0.6 is 0 Å². The highest BCUT2D eigenvalue weighted by Crippen LogP contribution is 2.19. The smallest absolute Gasteiger partial charge is 0.122 e. The highest BCUT2D eigenvalue weighted by atomic mass is 16.5. The zero-order chi connectivity index (χ0) is 15.1. The van der Waals surface area contributed by atoms with Crippen LogP contribution in [-0.4, -0.2) is 43.7 Å². The molecule has 1 heterocycles. The predicted octanol–water partition coefficient (Wildman–Crippen LogP) is 3.15. The van der Waals surface area contributed by atoms with E-state index in [0.717, 1.165) is 31.9 Å². The molecular formula is C18H30N2O. The number of aryl methyl sites for hydroxylation is 2. The Bertz CT molecular complexity index is 427. The van der Waals surface area contributed by atoms with Crippen molar-refractivity contribution in [2.45, 2.75) is 46.1 Å². The quantitative estimate of drug-likeness (QED) is 0.744. The summed E-state index contributed by atoms with van der Waals surface area (Å²) in [6, 6.07) is 7.10.